The van der Waals surface area contributed by atoms with Gasteiger partial charge in [-0.3, -0.25) is 0 Å². The first kappa shape index (κ1) is 22.7. The molecule has 1 heterocycles. The number of aromatic nitrogens is 1. The molecule has 0 aliphatic rings. The first-order chi connectivity index (χ1) is 16.1. The third-order valence-electron chi connectivity index (χ3n) is 5.44. The van der Waals surface area contributed by atoms with Crippen LogP contribution in [0, 0.1) is 6.92 Å². The molecule has 4 nitrogen and oxygen atoms in total. The molecule has 170 valence electrons. The van der Waals surface area contributed by atoms with Crippen LogP contribution in [0.15, 0.2) is 83.3 Å². The molecular formula is C29H31NO3. The van der Waals surface area contributed by atoms with Crippen molar-refractivity contribution in [2.24, 2.45) is 0 Å². The van der Waals surface area contributed by atoms with Gasteiger partial charge >= 0.3 is 0 Å². The average molecular weight is 442 g/mol. The van der Waals surface area contributed by atoms with E-state index in [0.717, 1.165) is 41.4 Å². The Balaban J connectivity index is 1.30. The van der Waals surface area contributed by atoms with Crippen LogP contribution in [-0.2, 0) is 19.3 Å². The van der Waals surface area contributed by atoms with E-state index in [4.69, 9.17) is 18.9 Å². The second-order valence-corrected chi connectivity index (χ2v) is 8.44. The molecule has 3 aromatic carbocycles. The molecule has 0 N–H and O–H groups in total. The van der Waals surface area contributed by atoms with Gasteiger partial charge in [0.15, 0.2) is 0 Å². The van der Waals surface area contributed by atoms with Crippen molar-refractivity contribution in [2.45, 2.75) is 46.1 Å². The molecular weight excluding hydrogens is 410 g/mol. The Kier molecular flexibility index (Phi) is 7.46. The van der Waals surface area contributed by atoms with Crippen molar-refractivity contribution in [1.29, 1.82) is 0 Å². The molecule has 0 saturated heterocycles. The maximum absolute atomic E-state index is 5.94. The Hall–Kier alpha value is -3.53. The highest BCUT2D eigenvalue weighted by molar-refractivity contribution is 5.54. The summed E-state index contributed by atoms with van der Waals surface area (Å²) in [5, 5.41) is 0. The zero-order valence-electron chi connectivity index (χ0n) is 19.6. The van der Waals surface area contributed by atoms with Crippen LogP contribution in [0.2, 0.25) is 0 Å². The van der Waals surface area contributed by atoms with E-state index in [1.807, 2.05) is 45.0 Å². The smallest absolute Gasteiger partial charge is 0.226 e. The van der Waals surface area contributed by atoms with E-state index in [2.05, 4.69) is 54.6 Å². The van der Waals surface area contributed by atoms with E-state index >= 15 is 0 Å². The molecule has 0 spiro atoms. The fourth-order valence-electron chi connectivity index (χ4n) is 3.68. The Bertz CT molecular complexity index is 1130. The molecule has 1 aromatic heterocycles. The van der Waals surface area contributed by atoms with E-state index < -0.39 is 0 Å². The van der Waals surface area contributed by atoms with E-state index in [0.29, 0.717) is 18.9 Å². The Labute approximate surface area is 196 Å². The summed E-state index contributed by atoms with van der Waals surface area (Å²) in [7, 11) is 0. The zero-order valence-corrected chi connectivity index (χ0v) is 19.6. The predicted molar refractivity (Wildman–Crippen MR) is 132 cm³/mol. The summed E-state index contributed by atoms with van der Waals surface area (Å²) < 4.78 is 17.5. The minimum atomic E-state index is 0.159. The van der Waals surface area contributed by atoms with Gasteiger partial charge in [-0.2, -0.15) is 0 Å². The lowest BCUT2D eigenvalue weighted by Crippen LogP contribution is -2.05. The highest BCUT2D eigenvalue weighted by atomic mass is 16.5. The molecule has 4 aromatic rings. The summed E-state index contributed by atoms with van der Waals surface area (Å²) in [4.78, 5) is 4.71. The Morgan fingerprint density at radius 1 is 0.758 bits per heavy atom. The summed E-state index contributed by atoms with van der Waals surface area (Å²) in [6.07, 6.45) is 2.90. The minimum absolute atomic E-state index is 0.159. The first-order valence-electron chi connectivity index (χ1n) is 11.6. The van der Waals surface area contributed by atoms with Crippen molar-refractivity contribution < 1.29 is 13.9 Å². The standard InChI is InChI=1S/C29H31NO3/c1-21(2)32-27-17-15-26(16-18-27)31-20-19-28-22(3)33-29(30-28)25-13-11-24(12-14-25)10-9-23-7-5-4-6-8-23/h4-8,11-18,21H,9-10,19-20H2,1-3H3. The first-order valence-corrected chi connectivity index (χ1v) is 11.6. The summed E-state index contributed by atoms with van der Waals surface area (Å²) in [6, 6.07) is 26.8. The van der Waals surface area contributed by atoms with E-state index in [1.165, 1.54) is 11.1 Å². The van der Waals surface area contributed by atoms with E-state index in [-0.39, 0.29) is 6.10 Å². The Morgan fingerprint density at radius 3 is 2.06 bits per heavy atom. The van der Waals surface area contributed by atoms with Gasteiger partial charge in [0, 0.05) is 12.0 Å². The third kappa shape index (κ3) is 6.48. The molecule has 0 fully saturated rings. The van der Waals surface area contributed by atoms with Crippen molar-refractivity contribution in [2.75, 3.05) is 6.61 Å². The molecule has 0 atom stereocenters. The minimum Gasteiger partial charge on any atom is -0.493 e. The number of oxazole rings is 1. The molecule has 0 aliphatic carbocycles. The number of hydrogen-bond donors (Lipinski definition) is 0. The molecule has 4 rings (SSSR count). The van der Waals surface area contributed by atoms with Crippen LogP contribution in [0.3, 0.4) is 0 Å². The lowest BCUT2D eigenvalue weighted by atomic mass is 10.0. The SMILES string of the molecule is Cc1oc(-c2ccc(CCc3ccccc3)cc2)nc1CCOc1ccc(OC(C)C)cc1. The molecule has 33 heavy (non-hydrogen) atoms. The number of benzene rings is 3. The van der Waals surface area contributed by atoms with Crippen LogP contribution in [0.4, 0.5) is 0 Å². The largest absolute Gasteiger partial charge is 0.493 e. The topological polar surface area (TPSA) is 44.5 Å². The van der Waals surface area contributed by atoms with Gasteiger partial charge in [-0.05, 0) is 81.1 Å². The third-order valence-corrected chi connectivity index (χ3v) is 5.44. The van der Waals surface area contributed by atoms with Gasteiger partial charge in [-0.15, -0.1) is 0 Å². The van der Waals surface area contributed by atoms with Crippen LogP contribution in [0.25, 0.3) is 11.5 Å². The molecule has 0 radical (unpaired) electrons. The summed E-state index contributed by atoms with van der Waals surface area (Å²) in [6.45, 7) is 6.52. The molecule has 0 saturated carbocycles. The van der Waals surface area contributed by atoms with Crippen molar-refractivity contribution >= 4 is 0 Å². The van der Waals surface area contributed by atoms with Crippen molar-refractivity contribution in [1.82, 2.24) is 4.98 Å². The highest BCUT2D eigenvalue weighted by Gasteiger charge is 2.12. The van der Waals surface area contributed by atoms with Gasteiger partial charge in [-0.25, -0.2) is 4.98 Å². The summed E-state index contributed by atoms with van der Waals surface area (Å²) >= 11 is 0. The Morgan fingerprint density at radius 2 is 1.39 bits per heavy atom. The van der Waals surface area contributed by atoms with Gasteiger partial charge in [-0.1, -0.05) is 42.5 Å². The predicted octanol–water partition coefficient (Wildman–Crippen LogP) is 6.84. The number of nitrogens with zero attached hydrogens (tertiary/aromatic N) is 1. The lowest BCUT2D eigenvalue weighted by molar-refractivity contribution is 0.241. The molecule has 4 heteroatoms. The number of ether oxygens (including phenoxy) is 2. The van der Waals surface area contributed by atoms with Gasteiger partial charge < -0.3 is 13.9 Å². The van der Waals surface area contributed by atoms with E-state index in [1.54, 1.807) is 0 Å². The maximum Gasteiger partial charge on any atom is 0.226 e. The van der Waals surface area contributed by atoms with Crippen LogP contribution >= 0.6 is 0 Å². The van der Waals surface area contributed by atoms with Crippen LogP contribution < -0.4 is 9.47 Å². The molecule has 0 aliphatic heterocycles. The van der Waals surface area contributed by atoms with Gasteiger partial charge in [0.05, 0.1) is 18.4 Å². The van der Waals surface area contributed by atoms with Gasteiger partial charge in [0.25, 0.3) is 0 Å². The summed E-state index contributed by atoms with van der Waals surface area (Å²) in [5.74, 6) is 3.16. The number of hydrogen-bond acceptors (Lipinski definition) is 4. The van der Waals surface area contributed by atoms with Crippen LogP contribution in [-0.4, -0.2) is 17.7 Å². The number of rotatable bonds is 10. The second-order valence-electron chi connectivity index (χ2n) is 8.44. The van der Waals surface area contributed by atoms with Crippen molar-refractivity contribution in [3.8, 4) is 23.0 Å². The summed E-state index contributed by atoms with van der Waals surface area (Å²) in [5.41, 5.74) is 4.59. The van der Waals surface area contributed by atoms with E-state index in [9.17, 15) is 0 Å². The monoisotopic (exact) mass is 441 g/mol. The molecule has 0 unspecified atom stereocenters. The fraction of sp³-hybridized carbons (Fsp3) is 0.276. The zero-order chi connectivity index (χ0) is 23.0. The van der Waals surface area contributed by atoms with Gasteiger partial charge in [0.1, 0.15) is 17.3 Å². The van der Waals surface area contributed by atoms with Crippen LogP contribution in [0.5, 0.6) is 11.5 Å². The van der Waals surface area contributed by atoms with Crippen molar-refractivity contribution in [3.05, 3.63) is 101 Å². The maximum atomic E-state index is 5.94. The highest BCUT2D eigenvalue weighted by Crippen LogP contribution is 2.24. The fourth-order valence-corrected chi connectivity index (χ4v) is 3.68. The number of aryl methyl sites for hydroxylation is 3. The normalized spacial score (nSPS) is 11.0. The van der Waals surface area contributed by atoms with Crippen molar-refractivity contribution in [3.63, 3.8) is 0 Å². The lowest BCUT2D eigenvalue weighted by Gasteiger charge is -2.10. The average Bonchev–Trinajstić information content (AvgIpc) is 3.20. The van der Waals surface area contributed by atoms with Gasteiger partial charge in [0.2, 0.25) is 5.89 Å². The quantitative estimate of drug-likeness (QED) is 0.270. The molecule has 0 bridgehead atoms. The second kappa shape index (κ2) is 10.9. The van der Waals surface area contributed by atoms with Crippen LogP contribution in [0.1, 0.15) is 36.4 Å². The molecule has 0 amide bonds.